The van der Waals surface area contributed by atoms with E-state index in [4.69, 9.17) is 4.74 Å². The minimum absolute atomic E-state index is 0.0673. The van der Waals surface area contributed by atoms with Crippen LogP contribution in [0, 0.1) is 19.7 Å². The first kappa shape index (κ1) is 19.0. The highest BCUT2D eigenvalue weighted by Crippen LogP contribution is 2.21. The first-order valence-corrected chi connectivity index (χ1v) is 8.80. The molecular formula is C19H20FNO3S. The van der Waals surface area contributed by atoms with Crippen LogP contribution in [0.3, 0.4) is 0 Å². The summed E-state index contributed by atoms with van der Waals surface area (Å²) in [6, 6.07) is 11.8. The van der Waals surface area contributed by atoms with Gasteiger partial charge in [0.05, 0.1) is 5.75 Å². The number of amides is 1. The molecular weight excluding hydrogens is 341 g/mol. The van der Waals surface area contributed by atoms with Crippen molar-refractivity contribution >= 4 is 29.3 Å². The third-order valence-electron chi connectivity index (χ3n) is 3.50. The molecule has 0 fully saturated rings. The molecule has 1 atom stereocenters. The van der Waals surface area contributed by atoms with Crippen LogP contribution in [0.4, 0.5) is 10.1 Å². The maximum atomic E-state index is 13.5. The molecule has 132 valence electrons. The highest BCUT2D eigenvalue weighted by Gasteiger charge is 2.19. The summed E-state index contributed by atoms with van der Waals surface area (Å²) >= 11 is 1.04. The van der Waals surface area contributed by atoms with Gasteiger partial charge in [-0.1, -0.05) is 29.8 Å². The van der Waals surface area contributed by atoms with E-state index in [0.29, 0.717) is 10.6 Å². The molecule has 2 rings (SSSR count). The Morgan fingerprint density at radius 2 is 1.92 bits per heavy atom. The second kappa shape index (κ2) is 8.67. The number of thioether (sulfide) groups is 1. The second-order valence-corrected chi connectivity index (χ2v) is 6.68. The topological polar surface area (TPSA) is 55.4 Å². The lowest BCUT2D eigenvalue weighted by Gasteiger charge is -2.15. The van der Waals surface area contributed by atoms with Gasteiger partial charge in [0, 0.05) is 10.6 Å². The van der Waals surface area contributed by atoms with Crippen LogP contribution >= 0.6 is 11.8 Å². The Labute approximate surface area is 150 Å². The summed E-state index contributed by atoms with van der Waals surface area (Å²) in [6.07, 6.45) is -0.936. The highest BCUT2D eigenvalue weighted by atomic mass is 32.2. The van der Waals surface area contributed by atoms with E-state index in [1.165, 1.54) is 13.0 Å². The molecule has 4 nitrogen and oxygen atoms in total. The molecule has 0 aliphatic heterocycles. The van der Waals surface area contributed by atoms with Crippen LogP contribution in [-0.4, -0.2) is 23.7 Å². The Bertz CT molecular complexity index is 779. The number of hydrogen-bond acceptors (Lipinski definition) is 4. The standard InChI is InChI=1S/C19H20FNO3S/c1-12-8-9-16(13(2)10-12)21-19(23)14(3)24-18(22)11-25-17-7-5-4-6-15(17)20/h4-10,14H,11H2,1-3H3,(H,21,23)/t14-/m0/s1. The van der Waals surface area contributed by atoms with Crippen LogP contribution in [0.5, 0.6) is 0 Å². The van der Waals surface area contributed by atoms with Crippen LogP contribution in [0.1, 0.15) is 18.1 Å². The molecule has 1 amide bonds. The number of benzene rings is 2. The molecule has 0 aliphatic carbocycles. The van der Waals surface area contributed by atoms with Gasteiger partial charge in [-0.15, -0.1) is 11.8 Å². The predicted octanol–water partition coefficient (Wildman–Crippen LogP) is 4.11. The van der Waals surface area contributed by atoms with E-state index in [0.717, 1.165) is 22.9 Å². The van der Waals surface area contributed by atoms with Gasteiger partial charge >= 0.3 is 5.97 Å². The first-order chi connectivity index (χ1) is 11.9. The number of esters is 1. The van der Waals surface area contributed by atoms with Gasteiger partial charge in [-0.2, -0.15) is 0 Å². The Hall–Kier alpha value is -2.34. The number of carbonyl (C=O) groups is 2. The van der Waals surface area contributed by atoms with Crippen LogP contribution in [0.25, 0.3) is 0 Å². The minimum Gasteiger partial charge on any atom is -0.452 e. The molecule has 0 saturated heterocycles. The summed E-state index contributed by atoms with van der Waals surface area (Å²) < 4.78 is 18.6. The van der Waals surface area contributed by atoms with Crippen molar-refractivity contribution in [2.75, 3.05) is 11.1 Å². The van der Waals surface area contributed by atoms with Crippen molar-refractivity contribution < 1.29 is 18.7 Å². The van der Waals surface area contributed by atoms with Crippen molar-refractivity contribution in [1.29, 1.82) is 0 Å². The van der Waals surface area contributed by atoms with Crippen molar-refractivity contribution in [3.63, 3.8) is 0 Å². The van der Waals surface area contributed by atoms with Gasteiger partial charge in [0.15, 0.2) is 6.10 Å². The third-order valence-corrected chi connectivity index (χ3v) is 4.52. The monoisotopic (exact) mass is 361 g/mol. The molecule has 6 heteroatoms. The molecule has 0 aromatic heterocycles. The lowest BCUT2D eigenvalue weighted by molar-refractivity contribution is -0.150. The fraction of sp³-hybridized carbons (Fsp3) is 0.263. The van der Waals surface area contributed by atoms with Gasteiger partial charge in [-0.25, -0.2) is 4.39 Å². The van der Waals surface area contributed by atoms with E-state index < -0.39 is 18.0 Å². The van der Waals surface area contributed by atoms with Gasteiger partial charge in [0.2, 0.25) is 0 Å². The zero-order valence-corrected chi connectivity index (χ0v) is 15.2. The summed E-state index contributed by atoms with van der Waals surface area (Å²) in [5, 5.41) is 2.74. The molecule has 2 aromatic rings. The normalized spacial score (nSPS) is 11.7. The maximum Gasteiger partial charge on any atom is 0.317 e. The Balaban J connectivity index is 1.85. The fourth-order valence-corrected chi connectivity index (χ4v) is 2.89. The Kier molecular flexibility index (Phi) is 6.58. The van der Waals surface area contributed by atoms with Crippen LogP contribution in [0.2, 0.25) is 0 Å². The van der Waals surface area contributed by atoms with Crippen molar-refractivity contribution in [1.82, 2.24) is 0 Å². The quantitative estimate of drug-likeness (QED) is 0.622. The summed E-state index contributed by atoms with van der Waals surface area (Å²) in [5.41, 5.74) is 2.71. The molecule has 25 heavy (non-hydrogen) atoms. The lowest BCUT2D eigenvalue weighted by atomic mass is 10.1. The minimum atomic E-state index is -0.936. The average molecular weight is 361 g/mol. The Morgan fingerprint density at radius 1 is 1.20 bits per heavy atom. The summed E-state index contributed by atoms with van der Waals surface area (Å²) in [4.78, 5) is 24.4. The molecule has 0 saturated carbocycles. The summed E-state index contributed by atoms with van der Waals surface area (Å²) in [7, 11) is 0. The smallest absolute Gasteiger partial charge is 0.317 e. The van der Waals surface area contributed by atoms with Gasteiger partial charge in [0.25, 0.3) is 5.91 Å². The summed E-state index contributed by atoms with van der Waals surface area (Å²) in [6.45, 7) is 5.37. The van der Waals surface area contributed by atoms with Gasteiger partial charge < -0.3 is 10.1 Å². The van der Waals surface area contributed by atoms with Crippen LogP contribution < -0.4 is 5.32 Å². The average Bonchev–Trinajstić information content (AvgIpc) is 2.56. The van der Waals surface area contributed by atoms with Crippen LogP contribution in [0.15, 0.2) is 47.4 Å². The molecule has 0 aliphatic rings. The van der Waals surface area contributed by atoms with Gasteiger partial charge in [0.1, 0.15) is 5.82 Å². The molecule has 0 heterocycles. The largest absolute Gasteiger partial charge is 0.452 e. The third kappa shape index (κ3) is 5.60. The van der Waals surface area contributed by atoms with Gasteiger partial charge in [-0.3, -0.25) is 9.59 Å². The number of carbonyl (C=O) groups excluding carboxylic acids is 2. The molecule has 0 bridgehead atoms. The van der Waals surface area contributed by atoms with Crippen molar-refractivity contribution in [2.45, 2.75) is 31.8 Å². The number of hydrogen-bond donors (Lipinski definition) is 1. The van der Waals surface area contributed by atoms with Crippen molar-refractivity contribution in [3.05, 3.63) is 59.4 Å². The molecule has 0 spiro atoms. The van der Waals surface area contributed by atoms with E-state index in [2.05, 4.69) is 5.32 Å². The van der Waals surface area contributed by atoms with E-state index in [9.17, 15) is 14.0 Å². The SMILES string of the molecule is Cc1ccc(NC(=O)[C@H](C)OC(=O)CSc2ccccc2F)c(C)c1. The first-order valence-electron chi connectivity index (χ1n) is 7.81. The zero-order chi connectivity index (χ0) is 18.4. The summed E-state index contributed by atoms with van der Waals surface area (Å²) in [5.74, 6) is -1.43. The maximum absolute atomic E-state index is 13.5. The molecule has 1 N–H and O–H groups in total. The molecule has 0 unspecified atom stereocenters. The van der Waals surface area contributed by atoms with Gasteiger partial charge in [-0.05, 0) is 44.5 Å². The fourth-order valence-electron chi connectivity index (χ4n) is 2.17. The van der Waals surface area contributed by atoms with E-state index in [1.54, 1.807) is 18.2 Å². The van der Waals surface area contributed by atoms with E-state index in [1.807, 2.05) is 32.0 Å². The van der Waals surface area contributed by atoms with Crippen molar-refractivity contribution in [3.8, 4) is 0 Å². The van der Waals surface area contributed by atoms with E-state index >= 15 is 0 Å². The number of nitrogens with one attached hydrogen (secondary N) is 1. The predicted molar refractivity (Wildman–Crippen MR) is 97.2 cm³/mol. The number of aryl methyl sites for hydroxylation is 2. The second-order valence-electron chi connectivity index (χ2n) is 5.66. The number of halogens is 1. The Morgan fingerprint density at radius 3 is 2.60 bits per heavy atom. The lowest BCUT2D eigenvalue weighted by Crippen LogP contribution is -2.30. The number of rotatable bonds is 6. The number of anilines is 1. The van der Waals surface area contributed by atoms with Crippen molar-refractivity contribution in [2.24, 2.45) is 0 Å². The zero-order valence-electron chi connectivity index (χ0n) is 14.3. The molecule has 2 aromatic carbocycles. The molecule has 0 radical (unpaired) electrons. The van der Waals surface area contributed by atoms with Crippen LogP contribution in [-0.2, 0) is 14.3 Å². The highest BCUT2D eigenvalue weighted by molar-refractivity contribution is 8.00. The van der Waals surface area contributed by atoms with E-state index in [-0.39, 0.29) is 11.6 Å². The number of ether oxygens (including phenoxy) is 1.